The molecule has 0 aromatic heterocycles. The molecule has 1 unspecified atom stereocenters. The Labute approximate surface area is 164 Å². The summed E-state index contributed by atoms with van der Waals surface area (Å²) >= 11 is 1.58. The molecule has 27 heavy (non-hydrogen) atoms. The van der Waals surface area contributed by atoms with Crippen LogP contribution in [0.5, 0.6) is 5.75 Å². The van der Waals surface area contributed by atoms with Gasteiger partial charge in [0.05, 0.1) is 25.5 Å². The van der Waals surface area contributed by atoms with Crippen molar-refractivity contribution in [1.82, 2.24) is 0 Å². The summed E-state index contributed by atoms with van der Waals surface area (Å²) in [7, 11) is 3.38. The lowest BCUT2D eigenvalue weighted by atomic mass is 10.2. The number of benzene rings is 2. The molecule has 0 saturated carbocycles. The second-order valence-corrected chi connectivity index (χ2v) is 7.16. The third kappa shape index (κ3) is 6.30. The number of aryl methyl sites for hydroxylation is 1. The molecular weight excluding hydrogens is 362 g/mol. The highest BCUT2D eigenvalue weighted by atomic mass is 32.2. The first-order chi connectivity index (χ1) is 12.9. The van der Waals surface area contributed by atoms with Gasteiger partial charge in [-0.25, -0.2) is 0 Å². The highest BCUT2D eigenvalue weighted by Crippen LogP contribution is 2.25. The zero-order chi connectivity index (χ0) is 19.8. The Bertz CT molecular complexity index is 811. The molecule has 0 aliphatic heterocycles. The van der Waals surface area contributed by atoms with Gasteiger partial charge in [0, 0.05) is 4.90 Å². The van der Waals surface area contributed by atoms with Crippen LogP contribution in [0.1, 0.15) is 5.56 Å². The maximum absolute atomic E-state index is 12.3. The number of methoxy groups -OCH3 is 1. The smallest absolute Gasteiger partial charge is 0.279 e. The van der Waals surface area contributed by atoms with Crippen LogP contribution < -0.4 is 20.3 Å². The predicted octanol–water partition coefficient (Wildman–Crippen LogP) is 1.82. The van der Waals surface area contributed by atoms with E-state index in [4.69, 9.17) is 4.74 Å². The predicted molar refractivity (Wildman–Crippen MR) is 110 cm³/mol. The van der Waals surface area contributed by atoms with Crippen molar-refractivity contribution in [2.45, 2.75) is 11.8 Å². The molecule has 0 aliphatic carbocycles. The van der Waals surface area contributed by atoms with Crippen LogP contribution in [-0.2, 0) is 9.59 Å². The Kier molecular flexibility index (Phi) is 7.69. The fourth-order valence-corrected chi connectivity index (χ4v) is 3.22. The molecule has 2 aromatic rings. The van der Waals surface area contributed by atoms with E-state index in [1.807, 2.05) is 62.7 Å². The van der Waals surface area contributed by atoms with Crippen LogP contribution >= 0.6 is 11.8 Å². The lowest BCUT2D eigenvalue weighted by Gasteiger charge is -2.15. The molecule has 2 aromatic carbocycles. The zero-order valence-corrected chi connectivity index (χ0v) is 16.9. The Morgan fingerprint density at radius 2 is 1.67 bits per heavy atom. The zero-order valence-electron chi connectivity index (χ0n) is 16.1. The summed E-state index contributed by atoms with van der Waals surface area (Å²) in [4.78, 5) is 26.4. The van der Waals surface area contributed by atoms with E-state index in [1.165, 1.54) is 0 Å². The average molecular weight is 389 g/mol. The highest BCUT2D eigenvalue weighted by molar-refractivity contribution is 7.98. The van der Waals surface area contributed by atoms with Crippen molar-refractivity contribution in [1.29, 1.82) is 0 Å². The normalized spacial score (nSPS) is 11.6. The number of ether oxygens (including phenoxy) is 1. The van der Waals surface area contributed by atoms with E-state index in [1.54, 1.807) is 18.9 Å². The molecule has 2 rings (SSSR count). The van der Waals surface area contributed by atoms with Gasteiger partial charge < -0.3 is 20.3 Å². The first-order valence-electron chi connectivity index (χ1n) is 8.61. The monoisotopic (exact) mass is 388 g/mol. The number of amides is 2. The number of para-hydroxylation sites is 1. The van der Waals surface area contributed by atoms with Crippen molar-refractivity contribution in [2.24, 2.45) is 0 Å². The van der Waals surface area contributed by atoms with Gasteiger partial charge in [0.25, 0.3) is 11.8 Å². The number of carbonyl (C=O) groups excluding carboxylic acids is 2. The second kappa shape index (κ2) is 9.99. The van der Waals surface area contributed by atoms with Gasteiger partial charge in [-0.15, -0.1) is 11.8 Å². The third-order valence-corrected chi connectivity index (χ3v) is 4.73. The van der Waals surface area contributed by atoms with E-state index in [-0.39, 0.29) is 24.9 Å². The van der Waals surface area contributed by atoms with Crippen LogP contribution in [-0.4, -0.2) is 45.3 Å². The molecule has 1 atom stereocenters. The van der Waals surface area contributed by atoms with E-state index >= 15 is 0 Å². The molecule has 144 valence electrons. The summed E-state index contributed by atoms with van der Waals surface area (Å²) in [6.07, 6.45) is 1.96. The van der Waals surface area contributed by atoms with Gasteiger partial charge in [0.1, 0.15) is 5.75 Å². The SMILES string of the molecule is COc1ccc(C)cc1NC(=O)C[NH+](C)CC(=O)Nc1ccccc1SC. The van der Waals surface area contributed by atoms with Crippen LogP contribution in [0.15, 0.2) is 47.4 Å². The Morgan fingerprint density at radius 1 is 1.04 bits per heavy atom. The van der Waals surface area contributed by atoms with Crippen molar-refractivity contribution in [3.63, 3.8) is 0 Å². The first kappa shape index (κ1) is 20.8. The number of rotatable bonds is 8. The second-order valence-electron chi connectivity index (χ2n) is 6.31. The fraction of sp³-hybridized carbons (Fsp3) is 0.300. The number of nitrogens with one attached hydrogen (secondary N) is 3. The van der Waals surface area contributed by atoms with Gasteiger partial charge >= 0.3 is 0 Å². The maximum atomic E-state index is 12.3. The van der Waals surface area contributed by atoms with Crippen molar-refractivity contribution < 1.29 is 19.2 Å². The summed E-state index contributed by atoms with van der Waals surface area (Å²) in [6, 6.07) is 13.2. The summed E-state index contributed by atoms with van der Waals surface area (Å²) in [5.41, 5.74) is 2.45. The number of hydrogen-bond donors (Lipinski definition) is 3. The molecular formula is C20H26N3O3S+. The first-order valence-corrected chi connectivity index (χ1v) is 9.84. The number of likely N-dealkylation sites (N-methyl/N-ethyl adjacent to an activating group) is 1. The molecule has 0 fully saturated rings. The molecule has 0 heterocycles. The summed E-state index contributed by atoms with van der Waals surface area (Å²) < 4.78 is 5.27. The van der Waals surface area contributed by atoms with Crippen LogP contribution in [0.3, 0.4) is 0 Å². The van der Waals surface area contributed by atoms with E-state index in [2.05, 4.69) is 10.6 Å². The molecule has 0 radical (unpaired) electrons. The number of quaternary nitrogens is 1. The quantitative estimate of drug-likeness (QED) is 0.603. The van der Waals surface area contributed by atoms with E-state index in [0.29, 0.717) is 11.4 Å². The van der Waals surface area contributed by atoms with Gasteiger partial charge in [0.15, 0.2) is 13.1 Å². The topological polar surface area (TPSA) is 71.9 Å². The average Bonchev–Trinajstić information content (AvgIpc) is 2.62. The Balaban J connectivity index is 1.89. The minimum atomic E-state index is -0.172. The van der Waals surface area contributed by atoms with Crippen LogP contribution in [0.4, 0.5) is 11.4 Å². The maximum Gasteiger partial charge on any atom is 0.279 e. The summed E-state index contributed by atoms with van der Waals surface area (Å²) in [5, 5.41) is 5.76. The van der Waals surface area contributed by atoms with Crippen molar-refractivity contribution in [2.75, 3.05) is 44.1 Å². The number of hydrogen-bond acceptors (Lipinski definition) is 4. The summed E-state index contributed by atoms with van der Waals surface area (Å²) in [6.45, 7) is 2.32. The highest BCUT2D eigenvalue weighted by Gasteiger charge is 2.16. The minimum Gasteiger partial charge on any atom is -0.495 e. The van der Waals surface area contributed by atoms with Gasteiger partial charge in [-0.2, -0.15) is 0 Å². The molecule has 7 heteroatoms. The molecule has 2 amide bonds. The molecule has 0 bridgehead atoms. The standard InChI is InChI=1S/C20H25N3O3S/c1-14-9-10-17(26-3)16(11-14)22-20(25)13-23(2)12-19(24)21-15-7-5-6-8-18(15)27-4/h5-11H,12-13H2,1-4H3,(H,21,24)(H,22,25)/p+1. The van der Waals surface area contributed by atoms with Gasteiger partial charge in [0.2, 0.25) is 0 Å². The van der Waals surface area contributed by atoms with Crippen LogP contribution in [0.25, 0.3) is 0 Å². The van der Waals surface area contributed by atoms with E-state index in [9.17, 15) is 9.59 Å². The number of thioether (sulfide) groups is 1. The largest absolute Gasteiger partial charge is 0.495 e. The van der Waals surface area contributed by atoms with Crippen molar-refractivity contribution in [3.8, 4) is 5.75 Å². The van der Waals surface area contributed by atoms with Gasteiger partial charge in [-0.05, 0) is 43.0 Å². The molecule has 6 nitrogen and oxygen atoms in total. The van der Waals surface area contributed by atoms with Crippen LogP contribution in [0.2, 0.25) is 0 Å². The van der Waals surface area contributed by atoms with Gasteiger partial charge in [-0.1, -0.05) is 18.2 Å². The van der Waals surface area contributed by atoms with Gasteiger partial charge in [-0.3, -0.25) is 9.59 Å². The molecule has 0 aliphatic rings. The minimum absolute atomic E-state index is 0.130. The van der Waals surface area contributed by atoms with Crippen LogP contribution in [0, 0.1) is 6.92 Å². The van der Waals surface area contributed by atoms with Crippen molar-refractivity contribution in [3.05, 3.63) is 48.0 Å². The number of anilines is 2. The third-order valence-electron chi connectivity index (χ3n) is 3.93. The van der Waals surface area contributed by atoms with E-state index < -0.39 is 0 Å². The summed E-state index contributed by atoms with van der Waals surface area (Å²) in [5.74, 6) is 0.307. The number of carbonyl (C=O) groups is 2. The Morgan fingerprint density at radius 3 is 2.30 bits per heavy atom. The Hall–Kier alpha value is -2.51. The lowest BCUT2D eigenvalue weighted by molar-refractivity contribution is -0.862. The molecule has 3 N–H and O–H groups in total. The molecule has 0 spiro atoms. The molecule has 0 saturated heterocycles. The van der Waals surface area contributed by atoms with E-state index in [0.717, 1.165) is 21.0 Å². The lowest BCUT2D eigenvalue weighted by Crippen LogP contribution is -3.11. The fourth-order valence-electron chi connectivity index (χ4n) is 2.67. The van der Waals surface area contributed by atoms with Crippen molar-refractivity contribution >= 4 is 35.0 Å².